The molecule has 16 heavy (non-hydrogen) atoms. The Kier molecular flexibility index (Phi) is 5.78. The molecule has 4 heteroatoms. The van der Waals surface area contributed by atoms with E-state index in [4.69, 9.17) is 11.5 Å². The number of nitrogens with two attached hydrogens (primary N) is 2. The maximum atomic E-state index is 5.30. The minimum Gasteiger partial charge on any atom is -0.370 e. The fourth-order valence-corrected chi connectivity index (χ4v) is 2.22. The highest BCUT2D eigenvalue weighted by molar-refractivity contribution is 7.99. The summed E-state index contributed by atoms with van der Waals surface area (Å²) in [5, 5.41) is 0. The molecule has 0 radical (unpaired) electrons. The third-order valence-electron chi connectivity index (χ3n) is 2.11. The van der Waals surface area contributed by atoms with Crippen molar-refractivity contribution in [3.05, 3.63) is 24.3 Å². The van der Waals surface area contributed by atoms with Crippen LogP contribution in [-0.2, 0) is 0 Å². The maximum absolute atomic E-state index is 5.30. The molecule has 0 heterocycles. The number of hydrogen-bond acceptors (Lipinski definition) is 2. The summed E-state index contributed by atoms with van der Waals surface area (Å²) in [4.78, 5) is 5.24. The van der Waals surface area contributed by atoms with E-state index in [2.05, 4.69) is 24.0 Å². The van der Waals surface area contributed by atoms with Crippen LogP contribution in [0.5, 0.6) is 0 Å². The van der Waals surface area contributed by atoms with Gasteiger partial charge in [-0.15, -0.1) is 11.8 Å². The zero-order valence-electron chi connectivity index (χ0n) is 9.65. The van der Waals surface area contributed by atoms with Gasteiger partial charge in [-0.1, -0.05) is 19.8 Å². The van der Waals surface area contributed by atoms with E-state index in [0.29, 0.717) is 0 Å². The number of aliphatic imine (C=N–C) groups is 1. The number of nitrogens with zero attached hydrogens (tertiary/aromatic N) is 1. The number of guanidine groups is 1. The molecule has 1 aromatic carbocycles. The van der Waals surface area contributed by atoms with E-state index >= 15 is 0 Å². The second-order valence-electron chi connectivity index (χ2n) is 3.59. The van der Waals surface area contributed by atoms with E-state index < -0.39 is 0 Å². The fraction of sp³-hybridized carbons (Fsp3) is 0.417. The van der Waals surface area contributed by atoms with Crippen LogP contribution in [0.4, 0.5) is 5.69 Å². The van der Waals surface area contributed by atoms with Crippen LogP contribution in [0.2, 0.25) is 0 Å². The molecule has 0 spiro atoms. The minimum absolute atomic E-state index is 0.100. The summed E-state index contributed by atoms with van der Waals surface area (Å²) in [7, 11) is 0. The average molecular weight is 237 g/mol. The Morgan fingerprint density at radius 3 is 2.44 bits per heavy atom. The third kappa shape index (κ3) is 5.07. The molecule has 0 unspecified atom stereocenters. The maximum Gasteiger partial charge on any atom is 0.191 e. The molecule has 0 atom stereocenters. The summed E-state index contributed by atoms with van der Waals surface area (Å²) in [5.74, 6) is 1.28. The van der Waals surface area contributed by atoms with Crippen molar-refractivity contribution < 1.29 is 0 Å². The molecule has 88 valence electrons. The Bertz CT molecular complexity index is 329. The molecule has 4 N–H and O–H groups in total. The van der Waals surface area contributed by atoms with Crippen LogP contribution in [0, 0.1) is 0 Å². The predicted octanol–water partition coefficient (Wildman–Crippen LogP) is 2.87. The molecule has 0 amide bonds. The molecular formula is C12H19N3S. The Morgan fingerprint density at radius 1 is 1.19 bits per heavy atom. The van der Waals surface area contributed by atoms with Gasteiger partial charge in [0, 0.05) is 4.90 Å². The lowest BCUT2D eigenvalue weighted by Crippen LogP contribution is -2.21. The average Bonchev–Trinajstić information content (AvgIpc) is 2.26. The van der Waals surface area contributed by atoms with Crippen LogP contribution >= 0.6 is 11.8 Å². The smallest absolute Gasteiger partial charge is 0.191 e. The van der Waals surface area contributed by atoms with Crippen LogP contribution in [0.1, 0.15) is 26.2 Å². The second-order valence-corrected chi connectivity index (χ2v) is 4.75. The van der Waals surface area contributed by atoms with Crippen LogP contribution in [0.25, 0.3) is 0 Å². The van der Waals surface area contributed by atoms with Crippen molar-refractivity contribution in [2.45, 2.75) is 31.1 Å². The molecule has 0 aliphatic rings. The molecule has 0 aliphatic heterocycles. The Labute approximate surface area is 101 Å². The summed E-state index contributed by atoms with van der Waals surface area (Å²) in [5.41, 5.74) is 11.4. The first-order valence-electron chi connectivity index (χ1n) is 5.55. The predicted molar refractivity (Wildman–Crippen MR) is 72.2 cm³/mol. The molecular weight excluding hydrogens is 218 g/mol. The zero-order chi connectivity index (χ0) is 11.8. The molecule has 0 aliphatic carbocycles. The standard InChI is InChI=1S/C12H19N3S/c1-2-3-4-9-16-11-7-5-10(6-8-11)15-12(13)14/h5-8H,2-4,9H2,1H3,(H4,13,14,15). The quantitative estimate of drug-likeness (QED) is 0.346. The highest BCUT2D eigenvalue weighted by Gasteiger charge is 1.95. The molecule has 0 bridgehead atoms. The number of thioether (sulfide) groups is 1. The van der Waals surface area contributed by atoms with Gasteiger partial charge in [0.05, 0.1) is 5.69 Å². The lowest BCUT2D eigenvalue weighted by atomic mass is 10.3. The molecule has 1 rings (SSSR count). The molecule has 0 aromatic heterocycles. The summed E-state index contributed by atoms with van der Waals surface area (Å²) < 4.78 is 0. The number of benzene rings is 1. The first-order chi connectivity index (χ1) is 7.72. The minimum atomic E-state index is 0.100. The van der Waals surface area contributed by atoms with Gasteiger partial charge in [-0.2, -0.15) is 0 Å². The molecule has 0 fully saturated rings. The SMILES string of the molecule is CCCCCSc1ccc(N=C(N)N)cc1. The van der Waals surface area contributed by atoms with E-state index in [1.807, 2.05) is 23.9 Å². The molecule has 0 saturated carbocycles. The van der Waals surface area contributed by atoms with Crippen molar-refractivity contribution in [3.8, 4) is 0 Å². The van der Waals surface area contributed by atoms with Crippen molar-refractivity contribution in [2.75, 3.05) is 5.75 Å². The van der Waals surface area contributed by atoms with E-state index in [9.17, 15) is 0 Å². The number of rotatable bonds is 6. The Balaban J connectivity index is 2.42. The van der Waals surface area contributed by atoms with Crippen LogP contribution < -0.4 is 11.5 Å². The molecule has 3 nitrogen and oxygen atoms in total. The van der Waals surface area contributed by atoms with Crippen LogP contribution in [-0.4, -0.2) is 11.7 Å². The van der Waals surface area contributed by atoms with Crippen molar-refractivity contribution >= 4 is 23.4 Å². The van der Waals surface area contributed by atoms with E-state index in [0.717, 1.165) is 5.69 Å². The second kappa shape index (κ2) is 7.17. The van der Waals surface area contributed by atoms with Gasteiger partial charge >= 0.3 is 0 Å². The summed E-state index contributed by atoms with van der Waals surface area (Å²) in [6, 6.07) is 7.97. The van der Waals surface area contributed by atoms with Crippen LogP contribution in [0.15, 0.2) is 34.2 Å². The first-order valence-corrected chi connectivity index (χ1v) is 6.53. The lowest BCUT2D eigenvalue weighted by molar-refractivity contribution is 0.778. The van der Waals surface area contributed by atoms with Gasteiger partial charge in [-0.3, -0.25) is 0 Å². The number of unbranched alkanes of at least 4 members (excludes halogenated alkanes) is 2. The Morgan fingerprint density at radius 2 is 1.88 bits per heavy atom. The largest absolute Gasteiger partial charge is 0.370 e. The first kappa shape index (κ1) is 12.9. The van der Waals surface area contributed by atoms with Crippen molar-refractivity contribution in [3.63, 3.8) is 0 Å². The van der Waals surface area contributed by atoms with E-state index in [1.54, 1.807) is 0 Å². The van der Waals surface area contributed by atoms with Crippen molar-refractivity contribution in [1.29, 1.82) is 0 Å². The van der Waals surface area contributed by atoms with Gasteiger partial charge in [-0.05, 0) is 36.4 Å². The topological polar surface area (TPSA) is 64.4 Å². The molecule has 1 aromatic rings. The van der Waals surface area contributed by atoms with Gasteiger partial charge in [0.2, 0.25) is 0 Å². The summed E-state index contributed by atoms with van der Waals surface area (Å²) in [6.45, 7) is 2.22. The normalized spacial score (nSPS) is 10.1. The van der Waals surface area contributed by atoms with Gasteiger partial charge in [0.1, 0.15) is 0 Å². The zero-order valence-corrected chi connectivity index (χ0v) is 10.5. The molecule has 0 saturated heterocycles. The van der Waals surface area contributed by atoms with Crippen molar-refractivity contribution in [1.82, 2.24) is 0 Å². The van der Waals surface area contributed by atoms with Gasteiger partial charge < -0.3 is 11.5 Å². The number of hydrogen-bond donors (Lipinski definition) is 2. The Hall–Kier alpha value is -1.16. The van der Waals surface area contributed by atoms with E-state index in [1.165, 1.54) is 29.9 Å². The lowest BCUT2D eigenvalue weighted by Gasteiger charge is -2.01. The van der Waals surface area contributed by atoms with E-state index in [-0.39, 0.29) is 5.96 Å². The third-order valence-corrected chi connectivity index (χ3v) is 3.21. The summed E-state index contributed by atoms with van der Waals surface area (Å²) in [6.07, 6.45) is 3.85. The van der Waals surface area contributed by atoms with Crippen LogP contribution in [0.3, 0.4) is 0 Å². The van der Waals surface area contributed by atoms with Gasteiger partial charge in [0.25, 0.3) is 0 Å². The van der Waals surface area contributed by atoms with Gasteiger partial charge in [-0.25, -0.2) is 4.99 Å². The summed E-state index contributed by atoms with van der Waals surface area (Å²) >= 11 is 1.88. The monoisotopic (exact) mass is 237 g/mol. The van der Waals surface area contributed by atoms with Crippen molar-refractivity contribution in [2.24, 2.45) is 16.5 Å². The van der Waals surface area contributed by atoms with Gasteiger partial charge in [0.15, 0.2) is 5.96 Å². The highest BCUT2D eigenvalue weighted by atomic mass is 32.2. The fourth-order valence-electron chi connectivity index (χ4n) is 1.31. The highest BCUT2D eigenvalue weighted by Crippen LogP contribution is 2.22.